The molecule has 0 aliphatic carbocycles. The molecule has 0 spiro atoms. The van der Waals surface area contributed by atoms with E-state index in [4.69, 9.17) is 16.7 Å². The van der Waals surface area contributed by atoms with Crippen LogP contribution in [0.4, 0.5) is 0 Å². The summed E-state index contributed by atoms with van der Waals surface area (Å²) in [5.41, 5.74) is 3.01. The first-order valence-electron chi connectivity index (χ1n) is 7.87. The highest BCUT2D eigenvalue weighted by atomic mass is 35.5. The van der Waals surface area contributed by atoms with E-state index in [9.17, 15) is 9.59 Å². The van der Waals surface area contributed by atoms with E-state index in [-0.39, 0.29) is 18.0 Å². The number of nitrogens with zero attached hydrogens (tertiary/aromatic N) is 2. The van der Waals surface area contributed by atoms with Crippen molar-refractivity contribution in [2.75, 3.05) is 5.75 Å². The zero-order valence-electron chi connectivity index (χ0n) is 13.7. The molecule has 1 aliphatic rings. The molecule has 1 aliphatic heterocycles. The van der Waals surface area contributed by atoms with Crippen LogP contribution >= 0.6 is 23.4 Å². The Morgan fingerprint density at radius 2 is 1.92 bits per heavy atom. The minimum atomic E-state index is -0.889. The third-order valence-corrected chi connectivity index (χ3v) is 4.92. The molecule has 0 unspecified atom stereocenters. The minimum absolute atomic E-state index is 0.00546. The minimum Gasteiger partial charge on any atom is -0.481 e. The Morgan fingerprint density at radius 1 is 1.12 bits per heavy atom. The van der Waals surface area contributed by atoms with Crippen LogP contribution in [0.1, 0.15) is 27.9 Å². The average Bonchev–Trinajstić information content (AvgIpc) is 3.09. The number of hydrogen-bond acceptors (Lipinski definition) is 5. The predicted octanol–water partition coefficient (Wildman–Crippen LogP) is 4.09. The molecule has 0 aromatic heterocycles. The topological polar surface area (TPSA) is 79.1 Å². The summed E-state index contributed by atoms with van der Waals surface area (Å²) in [6.07, 6.45) is 0.747. The first kappa shape index (κ1) is 18.4. The monoisotopic (exact) mass is 386 g/mol. The lowest BCUT2D eigenvalue weighted by molar-refractivity contribution is -0.133. The van der Waals surface area contributed by atoms with E-state index in [0.717, 1.165) is 28.6 Å². The van der Waals surface area contributed by atoms with Crippen molar-refractivity contribution in [3.8, 4) is 0 Å². The highest BCUT2D eigenvalue weighted by molar-refractivity contribution is 8.14. The molecule has 1 heterocycles. The molecule has 2 aromatic carbocycles. The van der Waals surface area contributed by atoms with Crippen LogP contribution < -0.4 is 0 Å². The van der Waals surface area contributed by atoms with E-state index in [0.29, 0.717) is 22.1 Å². The molecule has 2 aromatic rings. The Labute approximate surface area is 159 Å². The number of aliphatic carboxylic acids is 1. The second kappa shape index (κ2) is 8.29. The first-order chi connectivity index (χ1) is 12.5. The molecule has 132 valence electrons. The van der Waals surface area contributed by atoms with Gasteiger partial charge in [0.1, 0.15) is 5.04 Å². The summed E-state index contributed by atoms with van der Waals surface area (Å²) in [6.45, 7) is 0. The Kier molecular flexibility index (Phi) is 5.85. The van der Waals surface area contributed by atoms with Gasteiger partial charge in [-0.3, -0.25) is 9.59 Å². The highest BCUT2D eigenvalue weighted by Gasteiger charge is 2.17. The lowest BCUT2D eigenvalue weighted by atomic mass is 9.99. The summed E-state index contributed by atoms with van der Waals surface area (Å²) in [7, 11) is 0. The van der Waals surface area contributed by atoms with Gasteiger partial charge in [0.2, 0.25) is 0 Å². The fraction of sp³-hybridized carbons (Fsp3) is 0.158. The third kappa shape index (κ3) is 4.80. The van der Waals surface area contributed by atoms with Crippen LogP contribution in [0.15, 0.2) is 58.7 Å². The van der Waals surface area contributed by atoms with Crippen molar-refractivity contribution >= 4 is 45.9 Å². The smallest absolute Gasteiger partial charge is 0.313 e. The second-order valence-electron chi connectivity index (χ2n) is 5.71. The van der Waals surface area contributed by atoms with Gasteiger partial charge in [0, 0.05) is 23.4 Å². The molecule has 0 saturated heterocycles. The lowest BCUT2D eigenvalue weighted by Gasteiger charge is -2.05. The average molecular weight is 387 g/mol. The lowest BCUT2D eigenvalue weighted by Crippen LogP contribution is -2.08. The van der Waals surface area contributed by atoms with Crippen LogP contribution in [0.25, 0.3) is 0 Å². The van der Waals surface area contributed by atoms with E-state index in [1.807, 2.05) is 24.3 Å². The van der Waals surface area contributed by atoms with Gasteiger partial charge in [0.05, 0.1) is 11.5 Å². The van der Waals surface area contributed by atoms with Crippen LogP contribution in [0, 0.1) is 0 Å². The summed E-state index contributed by atoms with van der Waals surface area (Å²) in [5.74, 6) is -0.936. The maximum Gasteiger partial charge on any atom is 0.313 e. The summed E-state index contributed by atoms with van der Waals surface area (Å²) in [4.78, 5) is 23.2. The van der Waals surface area contributed by atoms with Crippen molar-refractivity contribution < 1.29 is 14.7 Å². The van der Waals surface area contributed by atoms with Gasteiger partial charge < -0.3 is 5.11 Å². The number of hydrogen-bond donors (Lipinski definition) is 1. The molecule has 0 atom stereocenters. The summed E-state index contributed by atoms with van der Waals surface area (Å²) >= 11 is 7.13. The fourth-order valence-electron chi connectivity index (χ4n) is 2.52. The summed E-state index contributed by atoms with van der Waals surface area (Å²) in [6, 6.07) is 14.5. The molecule has 1 N–H and O–H groups in total. The van der Waals surface area contributed by atoms with Gasteiger partial charge in [-0.1, -0.05) is 53.7 Å². The summed E-state index contributed by atoms with van der Waals surface area (Å²) in [5, 5.41) is 18.1. The number of carbonyl (C=O) groups excluding carboxylic acids is 1. The quantitative estimate of drug-likeness (QED) is 0.758. The molecular weight excluding hydrogens is 372 g/mol. The zero-order valence-corrected chi connectivity index (χ0v) is 15.3. The molecular formula is C19H15ClN2O3S. The van der Waals surface area contributed by atoms with Crippen molar-refractivity contribution in [1.29, 1.82) is 0 Å². The van der Waals surface area contributed by atoms with E-state index >= 15 is 0 Å². The number of Topliss-reactive ketones (excluding diaryl/α,β-unsaturated/α-hetero) is 1. The van der Waals surface area contributed by atoms with Gasteiger partial charge in [-0.05, 0) is 29.3 Å². The molecule has 7 heteroatoms. The van der Waals surface area contributed by atoms with E-state index in [1.54, 1.807) is 24.3 Å². The Balaban J connectivity index is 1.67. The van der Waals surface area contributed by atoms with Crippen molar-refractivity contribution in [1.82, 2.24) is 0 Å². The second-order valence-corrected chi connectivity index (χ2v) is 7.20. The Morgan fingerprint density at radius 3 is 2.69 bits per heavy atom. The van der Waals surface area contributed by atoms with E-state index < -0.39 is 5.97 Å². The van der Waals surface area contributed by atoms with Crippen LogP contribution in [0.2, 0.25) is 5.02 Å². The van der Waals surface area contributed by atoms with Crippen molar-refractivity contribution in [3.63, 3.8) is 0 Å². The number of ketones is 1. The third-order valence-electron chi connectivity index (χ3n) is 3.73. The van der Waals surface area contributed by atoms with E-state index in [1.165, 1.54) is 0 Å². The molecule has 0 radical (unpaired) electrons. The largest absolute Gasteiger partial charge is 0.481 e. The standard InChI is InChI=1S/C19H15ClN2O3S/c20-15-6-1-3-12(7-15)8-17(23)14-5-2-4-13(9-14)16-10-18(22-21-16)26-11-19(24)25/h1-7,9H,8,10-11H2,(H,24,25). The maximum atomic E-state index is 12.6. The molecule has 3 rings (SSSR count). The van der Waals surface area contributed by atoms with Crippen LogP contribution in [-0.2, 0) is 11.2 Å². The number of carboxylic acids is 1. The van der Waals surface area contributed by atoms with Crippen LogP contribution in [0.5, 0.6) is 0 Å². The normalized spacial score (nSPS) is 13.3. The molecule has 26 heavy (non-hydrogen) atoms. The molecule has 0 bridgehead atoms. The summed E-state index contributed by atoms with van der Waals surface area (Å²) < 4.78 is 0. The SMILES string of the molecule is O=C(O)CSC1=NN=C(c2cccc(C(=O)Cc3cccc(Cl)c3)c2)C1. The Hall–Kier alpha value is -2.44. The number of carboxylic acid groups (broad SMARTS) is 1. The Bertz CT molecular complexity index is 925. The van der Waals surface area contributed by atoms with Crippen molar-refractivity contribution in [3.05, 3.63) is 70.2 Å². The first-order valence-corrected chi connectivity index (χ1v) is 9.23. The number of rotatable bonds is 6. The van der Waals surface area contributed by atoms with Gasteiger partial charge in [-0.25, -0.2) is 0 Å². The molecule has 0 amide bonds. The maximum absolute atomic E-state index is 12.6. The molecule has 5 nitrogen and oxygen atoms in total. The van der Waals surface area contributed by atoms with Gasteiger partial charge in [0.15, 0.2) is 5.78 Å². The fourth-order valence-corrected chi connectivity index (χ4v) is 3.36. The number of thioether (sulfide) groups is 1. The predicted molar refractivity (Wildman–Crippen MR) is 105 cm³/mol. The van der Waals surface area contributed by atoms with Gasteiger partial charge in [-0.2, -0.15) is 5.10 Å². The van der Waals surface area contributed by atoms with Crippen LogP contribution in [0.3, 0.4) is 0 Å². The van der Waals surface area contributed by atoms with E-state index in [2.05, 4.69) is 10.2 Å². The van der Waals surface area contributed by atoms with Crippen LogP contribution in [-0.4, -0.2) is 33.4 Å². The molecule has 0 saturated carbocycles. The number of benzene rings is 2. The molecule has 0 fully saturated rings. The number of carbonyl (C=O) groups is 2. The number of halogens is 1. The van der Waals surface area contributed by atoms with Gasteiger partial charge in [0.25, 0.3) is 0 Å². The highest BCUT2D eigenvalue weighted by Crippen LogP contribution is 2.20. The van der Waals surface area contributed by atoms with Gasteiger partial charge >= 0.3 is 5.97 Å². The van der Waals surface area contributed by atoms with Crippen molar-refractivity contribution in [2.24, 2.45) is 10.2 Å². The van der Waals surface area contributed by atoms with Crippen molar-refractivity contribution in [2.45, 2.75) is 12.8 Å². The van der Waals surface area contributed by atoms with Gasteiger partial charge in [-0.15, -0.1) is 5.10 Å². The zero-order chi connectivity index (χ0) is 18.5.